The van der Waals surface area contributed by atoms with Gasteiger partial charge in [-0.3, -0.25) is 14.5 Å². The molecule has 29 heavy (non-hydrogen) atoms. The Bertz CT molecular complexity index is 1170. The van der Waals surface area contributed by atoms with E-state index >= 15 is 0 Å². The van der Waals surface area contributed by atoms with Crippen molar-refractivity contribution in [2.75, 3.05) is 11.9 Å². The van der Waals surface area contributed by atoms with Gasteiger partial charge < -0.3 is 10.6 Å². The first-order valence-electron chi connectivity index (χ1n) is 8.40. The van der Waals surface area contributed by atoms with E-state index in [0.29, 0.717) is 16.7 Å². The third-order valence-electron chi connectivity index (χ3n) is 4.61. The third-order valence-corrected chi connectivity index (χ3v) is 5.46. The van der Waals surface area contributed by atoms with E-state index < -0.39 is 35.7 Å². The summed E-state index contributed by atoms with van der Waals surface area (Å²) in [7, 11) is 0. The number of nitrogens with one attached hydrogen (secondary N) is 2. The molecule has 1 saturated heterocycles. The minimum Gasteiger partial charge on any atom is -0.323 e. The maximum Gasteiger partial charge on any atom is 0.325 e. The summed E-state index contributed by atoms with van der Waals surface area (Å²) >= 11 is 7.07. The zero-order valence-electron chi connectivity index (χ0n) is 14.9. The van der Waals surface area contributed by atoms with Gasteiger partial charge >= 0.3 is 6.03 Å². The number of aromatic nitrogens is 2. The second kappa shape index (κ2) is 7.05. The van der Waals surface area contributed by atoms with Crippen LogP contribution in [-0.2, 0) is 15.1 Å². The summed E-state index contributed by atoms with van der Waals surface area (Å²) in [4.78, 5) is 38.6. The summed E-state index contributed by atoms with van der Waals surface area (Å²) in [5.74, 6) is -1.82. The summed E-state index contributed by atoms with van der Waals surface area (Å²) in [6, 6.07) is 7.89. The van der Waals surface area contributed by atoms with Crippen molar-refractivity contribution in [1.29, 1.82) is 0 Å². The Labute approximate surface area is 173 Å². The smallest absolute Gasteiger partial charge is 0.323 e. The highest BCUT2D eigenvalue weighted by atomic mass is 35.5. The van der Waals surface area contributed by atoms with Gasteiger partial charge in [0.1, 0.15) is 28.9 Å². The van der Waals surface area contributed by atoms with Crippen LogP contribution in [0.2, 0.25) is 5.02 Å². The van der Waals surface area contributed by atoms with Crippen LogP contribution in [0, 0.1) is 5.82 Å². The lowest BCUT2D eigenvalue weighted by atomic mass is 9.92. The predicted molar refractivity (Wildman–Crippen MR) is 105 cm³/mol. The van der Waals surface area contributed by atoms with Crippen LogP contribution in [0.1, 0.15) is 12.5 Å². The molecule has 1 aliphatic heterocycles. The van der Waals surface area contributed by atoms with Crippen LogP contribution < -0.4 is 10.6 Å². The van der Waals surface area contributed by atoms with E-state index in [9.17, 15) is 18.8 Å². The monoisotopic (exact) mass is 433 g/mol. The molecular weight excluding hydrogens is 421 g/mol. The number of fused-ring (bicyclic) bond motifs is 1. The van der Waals surface area contributed by atoms with Crippen molar-refractivity contribution in [2.45, 2.75) is 12.5 Å². The van der Waals surface area contributed by atoms with Gasteiger partial charge in [-0.05, 0) is 31.2 Å². The second-order valence-corrected chi connectivity index (χ2v) is 7.49. The van der Waals surface area contributed by atoms with E-state index in [1.165, 1.54) is 13.0 Å². The van der Waals surface area contributed by atoms with Crippen LogP contribution in [-0.4, -0.2) is 38.0 Å². The van der Waals surface area contributed by atoms with Crippen LogP contribution in [0.3, 0.4) is 0 Å². The van der Waals surface area contributed by atoms with Crippen LogP contribution in [0.25, 0.3) is 11.0 Å². The van der Waals surface area contributed by atoms with Gasteiger partial charge in [0, 0.05) is 10.6 Å². The maximum atomic E-state index is 13.3. The molecule has 0 spiro atoms. The summed E-state index contributed by atoms with van der Waals surface area (Å²) in [5.41, 5.74) is 0.297. The van der Waals surface area contributed by atoms with Crippen molar-refractivity contribution < 1.29 is 18.8 Å². The molecule has 11 heteroatoms. The molecule has 2 aromatic carbocycles. The van der Waals surface area contributed by atoms with Gasteiger partial charge in [-0.15, -0.1) is 0 Å². The summed E-state index contributed by atoms with van der Waals surface area (Å²) < 4.78 is 21.6. The first-order valence-corrected chi connectivity index (χ1v) is 9.51. The summed E-state index contributed by atoms with van der Waals surface area (Å²) in [5, 5.41) is 5.17. The molecule has 4 amide bonds. The molecule has 3 aromatic rings. The molecule has 2 N–H and O–H groups in total. The van der Waals surface area contributed by atoms with Gasteiger partial charge in [-0.25, -0.2) is 9.18 Å². The van der Waals surface area contributed by atoms with Crippen LogP contribution >= 0.6 is 23.3 Å². The maximum absolute atomic E-state index is 13.3. The number of hydrogen-bond donors (Lipinski definition) is 2. The number of rotatable bonds is 4. The molecule has 0 bridgehead atoms. The summed E-state index contributed by atoms with van der Waals surface area (Å²) in [6.07, 6.45) is 0. The molecule has 4 rings (SSSR count). The summed E-state index contributed by atoms with van der Waals surface area (Å²) in [6.45, 7) is 0.943. The van der Waals surface area contributed by atoms with Crippen molar-refractivity contribution in [2.24, 2.45) is 0 Å². The SMILES string of the molecule is CC1(c2ccc(F)cc2Cl)NC(=O)N(CC(=O)Nc2cccc3nsnc23)C1=O. The van der Waals surface area contributed by atoms with Gasteiger partial charge in [0.05, 0.1) is 17.4 Å². The molecule has 148 valence electrons. The number of hydrogen-bond acceptors (Lipinski definition) is 6. The molecule has 0 saturated carbocycles. The highest BCUT2D eigenvalue weighted by molar-refractivity contribution is 7.00. The molecular formula is C18H13ClFN5O3S. The molecule has 0 aliphatic carbocycles. The minimum absolute atomic E-state index is 0.00448. The topological polar surface area (TPSA) is 104 Å². The lowest BCUT2D eigenvalue weighted by Gasteiger charge is -2.23. The zero-order valence-corrected chi connectivity index (χ0v) is 16.5. The van der Waals surface area contributed by atoms with E-state index in [0.717, 1.165) is 28.8 Å². The fourth-order valence-corrected chi connectivity index (χ4v) is 4.06. The van der Waals surface area contributed by atoms with Crippen molar-refractivity contribution in [3.05, 3.63) is 52.8 Å². The van der Waals surface area contributed by atoms with Crippen LogP contribution in [0.4, 0.5) is 14.9 Å². The van der Waals surface area contributed by atoms with Gasteiger partial charge in [0.2, 0.25) is 5.91 Å². The number of imide groups is 1. The largest absolute Gasteiger partial charge is 0.325 e. The van der Waals surface area contributed by atoms with Crippen molar-refractivity contribution >= 4 is 57.9 Å². The second-order valence-electron chi connectivity index (χ2n) is 6.56. The Morgan fingerprint density at radius 1 is 1.31 bits per heavy atom. The Kier molecular flexibility index (Phi) is 4.67. The number of carbonyl (C=O) groups excluding carboxylic acids is 3. The van der Waals surface area contributed by atoms with Crippen LogP contribution in [0.5, 0.6) is 0 Å². The molecule has 1 aromatic heterocycles. The van der Waals surface area contributed by atoms with Crippen molar-refractivity contribution in [3.8, 4) is 0 Å². The number of halogens is 2. The number of urea groups is 1. The molecule has 1 aliphatic rings. The number of amides is 4. The molecule has 2 heterocycles. The van der Waals surface area contributed by atoms with Gasteiger partial charge in [-0.2, -0.15) is 8.75 Å². The van der Waals surface area contributed by atoms with E-state index in [-0.39, 0.29) is 10.6 Å². The van der Waals surface area contributed by atoms with Crippen molar-refractivity contribution in [3.63, 3.8) is 0 Å². The van der Waals surface area contributed by atoms with E-state index in [1.54, 1.807) is 18.2 Å². The number of nitrogens with zero attached hydrogens (tertiary/aromatic N) is 3. The minimum atomic E-state index is -1.51. The molecule has 0 radical (unpaired) electrons. The average molecular weight is 434 g/mol. The highest BCUT2D eigenvalue weighted by Crippen LogP contribution is 2.34. The highest BCUT2D eigenvalue weighted by Gasteiger charge is 2.50. The molecule has 8 nitrogen and oxygen atoms in total. The molecule has 1 unspecified atom stereocenters. The fraction of sp³-hybridized carbons (Fsp3) is 0.167. The van der Waals surface area contributed by atoms with Crippen molar-refractivity contribution in [1.82, 2.24) is 19.0 Å². The number of anilines is 1. The fourth-order valence-electron chi connectivity index (χ4n) is 3.16. The van der Waals surface area contributed by atoms with E-state index in [2.05, 4.69) is 19.4 Å². The van der Waals surface area contributed by atoms with E-state index in [1.807, 2.05) is 0 Å². The lowest BCUT2D eigenvalue weighted by Crippen LogP contribution is -2.42. The Morgan fingerprint density at radius 3 is 2.86 bits per heavy atom. The normalized spacial score (nSPS) is 18.9. The van der Waals surface area contributed by atoms with E-state index in [4.69, 9.17) is 11.6 Å². The van der Waals surface area contributed by atoms with Crippen LogP contribution in [0.15, 0.2) is 36.4 Å². The van der Waals surface area contributed by atoms with Gasteiger partial charge in [0.15, 0.2) is 0 Å². The third kappa shape index (κ3) is 3.30. The first kappa shape index (κ1) is 19.2. The number of benzene rings is 2. The van der Waals surface area contributed by atoms with Gasteiger partial charge in [-0.1, -0.05) is 23.7 Å². The van der Waals surface area contributed by atoms with Gasteiger partial charge in [0.25, 0.3) is 5.91 Å². The Hall–Kier alpha value is -3.11. The lowest BCUT2D eigenvalue weighted by molar-refractivity contribution is -0.133. The predicted octanol–water partition coefficient (Wildman–Crippen LogP) is 2.89. The Balaban J connectivity index is 1.55. The Morgan fingerprint density at radius 2 is 2.10 bits per heavy atom. The standard InChI is InChI=1S/C18H13ClFN5O3S/c1-18(10-6-5-9(20)7-11(10)19)16(27)25(17(28)22-18)8-14(26)21-12-3-2-4-13-15(12)24-29-23-13/h2-7H,8H2,1H3,(H,21,26)(H,22,28). The molecule has 1 fully saturated rings. The quantitative estimate of drug-likeness (QED) is 0.615. The number of carbonyl (C=O) groups is 3. The first-order chi connectivity index (χ1) is 13.8. The zero-order chi connectivity index (χ0) is 20.8. The average Bonchev–Trinajstić information content (AvgIpc) is 3.22. The molecule has 1 atom stereocenters.